The van der Waals surface area contributed by atoms with Gasteiger partial charge in [-0.1, -0.05) is 30.3 Å². The third-order valence-electron chi connectivity index (χ3n) is 3.61. The fraction of sp³-hybridized carbons (Fsp3) is 0.176. The number of hydrogen-bond donors (Lipinski definition) is 1. The summed E-state index contributed by atoms with van der Waals surface area (Å²) in [5.74, 6) is 0.202. The molecule has 1 aromatic carbocycles. The lowest BCUT2D eigenvalue weighted by Gasteiger charge is -2.15. The average Bonchev–Trinajstić information content (AvgIpc) is 3.15. The maximum atomic E-state index is 12.3. The second kappa shape index (κ2) is 6.91. The van der Waals surface area contributed by atoms with E-state index in [9.17, 15) is 9.59 Å². The van der Waals surface area contributed by atoms with Crippen LogP contribution in [-0.2, 0) is 11.3 Å². The van der Waals surface area contributed by atoms with Crippen LogP contribution < -0.4 is 10.9 Å². The van der Waals surface area contributed by atoms with E-state index in [1.807, 2.05) is 30.3 Å². The van der Waals surface area contributed by atoms with Gasteiger partial charge in [0.1, 0.15) is 6.04 Å². The molecule has 7 nitrogen and oxygen atoms in total. The molecule has 0 radical (unpaired) electrons. The number of hydrogen-bond acceptors (Lipinski definition) is 4. The van der Waals surface area contributed by atoms with Crippen LogP contribution in [0.4, 0.5) is 0 Å². The van der Waals surface area contributed by atoms with E-state index in [0.717, 1.165) is 10.2 Å². The van der Waals surface area contributed by atoms with Gasteiger partial charge in [-0.05, 0) is 24.6 Å². The van der Waals surface area contributed by atoms with Gasteiger partial charge in [0.25, 0.3) is 5.56 Å². The normalized spacial score (nSPS) is 11.9. The lowest BCUT2D eigenvalue weighted by molar-refractivity contribution is -0.124. The number of amides is 1. The number of benzene rings is 1. The van der Waals surface area contributed by atoms with Gasteiger partial charge in [-0.25, -0.2) is 9.36 Å². The van der Waals surface area contributed by atoms with E-state index in [-0.39, 0.29) is 11.5 Å². The molecule has 3 aromatic rings. The Morgan fingerprint density at radius 1 is 1.17 bits per heavy atom. The minimum absolute atomic E-state index is 0.272. The Bertz CT molecular complexity index is 872. The Hall–Kier alpha value is -3.22. The van der Waals surface area contributed by atoms with E-state index in [1.165, 1.54) is 10.7 Å². The minimum atomic E-state index is -0.725. The van der Waals surface area contributed by atoms with Crippen molar-refractivity contribution in [2.45, 2.75) is 19.5 Å². The van der Waals surface area contributed by atoms with Gasteiger partial charge in [-0.3, -0.25) is 9.59 Å². The summed E-state index contributed by atoms with van der Waals surface area (Å²) in [5.41, 5.74) is 0.650. The molecule has 1 atom stereocenters. The van der Waals surface area contributed by atoms with Crippen LogP contribution >= 0.6 is 0 Å². The quantitative estimate of drug-likeness (QED) is 0.767. The molecule has 0 aliphatic rings. The standard InChI is InChI=1S/C17H17N5O2/c1-13(17(24)18-12-14-6-3-2-4-7-14)22-16(23)9-8-15(20-22)21-11-5-10-19-21/h2-11,13H,12H2,1H3,(H,18,24). The number of carbonyl (C=O) groups is 1. The topological polar surface area (TPSA) is 81.8 Å². The van der Waals surface area contributed by atoms with E-state index >= 15 is 0 Å². The molecule has 0 saturated carbocycles. The zero-order valence-corrected chi connectivity index (χ0v) is 13.2. The Kier molecular flexibility index (Phi) is 4.51. The van der Waals surface area contributed by atoms with Crippen molar-refractivity contribution in [2.75, 3.05) is 0 Å². The Balaban J connectivity index is 1.76. The second-order valence-electron chi connectivity index (χ2n) is 5.30. The molecule has 1 amide bonds. The molecule has 0 aliphatic heterocycles. The van der Waals surface area contributed by atoms with Crippen LogP contribution in [0.1, 0.15) is 18.5 Å². The summed E-state index contributed by atoms with van der Waals surface area (Å²) in [6, 6.07) is 13.6. The molecule has 0 spiro atoms. The lowest BCUT2D eigenvalue weighted by atomic mass is 10.2. The van der Waals surface area contributed by atoms with Gasteiger partial charge in [0.2, 0.25) is 5.91 Å². The molecule has 3 rings (SSSR count). The van der Waals surface area contributed by atoms with Crippen molar-refractivity contribution in [1.82, 2.24) is 24.9 Å². The van der Waals surface area contributed by atoms with Gasteiger partial charge >= 0.3 is 0 Å². The van der Waals surface area contributed by atoms with Crippen LogP contribution in [-0.4, -0.2) is 25.5 Å². The fourth-order valence-electron chi connectivity index (χ4n) is 2.26. The minimum Gasteiger partial charge on any atom is -0.350 e. The first kappa shape index (κ1) is 15.7. The van der Waals surface area contributed by atoms with E-state index in [2.05, 4.69) is 15.5 Å². The molecule has 0 fully saturated rings. The highest BCUT2D eigenvalue weighted by Gasteiger charge is 2.17. The molecule has 0 aliphatic carbocycles. The fourth-order valence-corrected chi connectivity index (χ4v) is 2.26. The second-order valence-corrected chi connectivity index (χ2v) is 5.30. The van der Waals surface area contributed by atoms with Crippen LogP contribution in [0.5, 0.6) is 0 Å². The van der Waals surface area contributed by atoms with E-state index in [0.29, 0.717) is 12.4 Å². The van der Waals surface area contributed by atoms with Crippen LogP contribution in [0, 0.1) is 0 Å². The predicted molar refractivity (Wildman–Crippen MR) is 88.6 cm³/mol. The van der Waals surface area contributed by atoms with Crippen LogP contribution in [0.2, 0.25) is 0 Å². The number of carbonyl (C=O) groups excluding carboxylic acids is 1. The molecule has 122 valence electrons. The highest BCUT2D eigenvalue weighted by atomic mass is 16.2. The zero-order valence-electron chi connectivity index (χ0n) is 13.2. The van der Waals surface area contributed by atoms with Gasteiger partial charge in [0.15, 0.2) is 5.82 Å². The molecule has 2 aromatic heterocycles. The summed E-state index contributed by atoms with van der Waals surface area (Å²) in [6.07, 6.45) is 3.34. The molecular formula is C17H17N5O2. The summed E-state index contributed by atoms with van der Waals surface area (Å²) < 4.78 is 2.70. The Morgan fingerprint density at radius 3 is 2.67 bits per heavy atom. The monoisotopic (exact) mass is 323 g/mol. The molecule has 24 heavy (non-hydrogen) atoms. The summed E-state index contributed by atoms with van der Waals surface area (Å²) in [5, 5.41) is 11.1. The third-order valence-corrected chi connectivity index (χ3v) is 3.61. The van der Waals surface area contributed by atoms with Crippen molar-refractivity contribution < 1.29 is 4.79 Å². The van der Waals surface area contributed by atoms with Gasteiger partial charge in [-0.2, -0.15) is 5.10 Å². The third kappa shape index (κ3) is 3.40. The summed E-state index contributed by atoms with van der Waals surface area (Å²) in [4.78, 5) is 24.4. The smallest absolute Gasteiger partial charge is 0.267 e. The summed E-state index contributed by atoms with van der Waals surface area (Å²) in [7, 11) is 0. The molecule has 1 unspecified atom stereocenters. The van der Waals surface area contributed by atoms with Crippen LogP contribution in [0.3, 0.4) is 0 Å². The van der Waals surface area contributed by atoms with Crippen LogP contribution in [0.25, 0.3) is 5.82 Å². The van der Waals surface area contributed by atoms with Gasteiger partial charge in [0.05, 0.1) is 0 Å². The predicted octanol–water partition coefficient (Wildman–Crippen LogP) is 1.31. The van der Waals surface area contributed by atoms with Gasteiger partial charge < -0.3 is 5.32 Å². The average molecular weight is 323 g/mol. The Morgan fingerprint density at radius 2 is 1.96 bits per heavy atom. The first-order valence-electron chi connectivity index (χ1n) is 7.56. The summed E-state index contributed by atoms with van der Waals surface area (Å²) in [6.45, 7) is 2.04. The highest BCUT2D eigenvalue weighted by Crippen LogP contribution is 2.05. The highest BCUT2D eigenvalue weighted by molar-refractivity contribution is 5.79. The molecule has 1 N–H and O–H groups in total. The van der Waals surface area contributed by atoms with E-state index < -0.39 is 6.04 Å². The van der Waals surface area contributed by atoms with Crippen molar-refractivity contribution >= 4 is 5.91 Å². The molecular weight excluding hydrogens is 306 g/mol. The molecule has 2 heterocycles. The number of nitrogens with one attached hydrogen (secondary N) is 1. The maximum Gasteiger partial charge on any atom is 0.267 e. The van der Waals surface area contributed by atoms with E-state index in [4.69, 9.17) is 0 Å². The summed E-state index contributed by atoms with van der Waals surface area (Å²) >= 11 is 0. The SMILES string of the molecule is CC(C(=O)NCc1ccccc1)n1nc(-n2cccn2)ccc1=O. The number of aromatic nitrogens is 4. The van der Waals surface area contributed by atoms with Crippen molar-refractivity contribution in [2.24, 2.45) is 0 Å². The first-order valence-corrected chi connectivity index (χ1v) is 7.56. The Labute approximate surface area is 138 Å². The first-order chi connectivity index (χ1) is 11.6. The van der Waals surface area contributed by atoms with Crippen molar-refractivity contribution in [3.8, 4) is 5.82 Å². The van der Waals surface area contributed by atoms with Gasteiger partial charge in [-0.15, -0.1) is 5.10 Å². The van der Waals surface area contributed by atoms with Crippen molar-refractivity contribution in [3.63, 3.8) is 0 Å². The zero-order chi connectivity index (χ0) is 16.9. The molecule has 0 saturated heterocycles. The lowest BCUT2D eigenvalue weighted by Crippen LogP contribution is -2.37. The van der Waals surface area contributed by atoms with Crippen molar-refractivity contribution in [1.29, 1.82) is 0 Å². The largest absolute Gasteiger partial charge is 0.350 e. The van der Waals surface area contributed by atoms with E-state index in [1.54, 1.807) is 31.5 Å². The number of nitrogens with zero attached hydrogens (tertiary/aromatic N) is 4. The van der Waals surface area contributed by atoms with Crippen molar-refractivity contribution in [3.05, 3.63) is 76.8 Å². The van der Waals surface area contributed by atoms with Crippen LogP contribution in [0.15, 0.2) is 65.7 Å². The number of rotatable bonds is 5. The maximum absolute atomic E-state index is 12.3. The molecule has 0 bridgehead atoms. The molecule has 7 heteroatoms. The van der Waals surface area contributed by atoms with Gasteiger partial charge in [0, 0.05) is 25.0 Å².